The molecule has 0 atom stereocenters. The van der Waals surface area contributed by atoms with Gasteiger partial charge >= 0.3 is 0 Å². The molecule has 0 unspecified atom stereocenters. The maximum absolute atomic E-state index is 12.8. The summed E-state index contributed by atoms with van der Waals surface area (Å²) in [5, 5.41) is 1.85. The number of fused-ring (bicyclic) bond motifs is 1. The largest absolute Gasteiger partial charge is 0.277 e. The van der Waals surface area contributed by atoms with Crippen LogP contribution < -0.4 is 4.72 Å². The number of amides is 1. The van der Waals surface area contributed by atoms with Gasteiger partial charge in [0.2, 0.25) is 0 Å². The van der Waals surface area contributed by atoms with Gasteiger partial charge in [0.25, 0.3) is 15.9 Å². The van der Waals surface area contributed by atoms with E-state index < -0.39 is 15.9 Å². The molecule has 2 aromatic carbocycles. The molecular formula is C20H15N3O3S2. The average Bonchev–Trinajstić information content (AvgIpc) is 3.10. The molecule has 0 aliphatic heterocycles. The van der Waals surface area contributed by atoms with E-state index in [1.165, 1.54) is 12.3 Å². The van der Waals surface area contributed by atoms with Crippen molar-refractivity contribution in [2.45, 2.75) is 11.8 Å². The van der Waals surface area contributed by atoms with Gasteiger partial charge in [0.1, 0.15) is 9.88 Å². The Balaban J connectivity index is 1.67. The van der Waals surface area contributed by atoms with Gasteiger partial charge in [-0.15, -0.1) is 11.3 Å². The minimum absolute atomic E-state index is 0.0335. The van der Waals surface area contributed by atoms with Gasteiger partial charge < -0.3 is 0 Å². The Morgan fingerprint density at radius 2 is 1.82 bits per heavy atom. The molecule has 8 heteroatoms. The van der Waals surface area contributed by atoms with Crippen molar-refractivity contribution < 1.29 is 13.2 Å². The Hall–Kier alpha value is -3.10. The van der Waals surface area contributed by atoms with E-state index in [1.807, 2.05) is 30.3 Å². The Kier molecular flexibility index (Phi) is 4.66. The molecule has 0 aliphatic carbocycles. The number of hydrogen-bond acceptors (Lipinski definition) is 6. The van der Waals surface area contributed by atoms with Gasteiger partial charge in [-0.3, -0.25) is 9.78 Å². The van der Waals surface area contributed by atoms with Gasteiger partial charge in [-0.25, -0.2) is 18.1 Å². The fourth-order valence-electron chi connectivity index (χ4n) is 2.86. The predicted molar refractivity (Wildman–Crippen MR) is 109 cm³/mol. The van der Waals surface area contributed by atoms with Gasteiger partial charge in [0.15, 0.2) is 0 Å². The molecule has 6 nitrogen and oxygen atoms in total. The summed E-state index contributed by atoms with van der Waals surface area (Å²) < 4.78 is 27.9. The number of pyridine rings is 1. The second kappa shape index (κ2) is 7.14. The zero-order chi connectivity index (χ0) is 19.7. The van der Waals surface area contributed by atoms with Crippen LogP contribution >= 0.6 is 11.3 Å². The summed E-state index contributed by atoms with van der Waals surface area (Å²) in [5.74, 6) is -0.691. The highest BCUT2D eigenvalue weighted by atomic mass is 32.2. The van der Waals surface area contributed by atoms with Gasteiger partial charge in [-0.05, 0) is 19.1 Å². The zero-order valence-corrected chi connectivity index (χ0v) is 16.4. The van der Waals surface area contributed by atoms with E-state index in [0.717, 1.165) is 16.9 Å². The molecule has 28 heavy (non-hydrogen) atoms. The van der Waals surface area contributed by atoms with Gasteiger partial charge in [-0.2, -0.15) is 0 Å². The second-order valence-corrected chi connectivity index (χ2v) is 8.74. The molecule has 1 N–H and O–H groups in total. The molecule has 140 valence electrons. The van der Waals surface area contributed by atoms with Crippen molar-refractivity contribution in [2.75, 3.05) is 0 Å². The van der Waals surface area contributed by atoms with Crippen LogP contribution in [0.5, 0.6) is 0 Å². The molecule has 0 aliphatic rings. The maximum Gasteiger partial charge on any atom is 0.277 e. The topological polar surface area (TPSA) is 89.0 Å². The minimum atomic E-state index is -4.05. The standard InChI is InChI=1S/C20H15N3O3S2/c1-13-18(27-20(22-13)14-6-3-2-4-7-14)19(24)23-28(25,26)17-9-5-8-15-12-21-11-10-16(15)17/h2-12H,1H3,(H,23,24). The maximum atomic E-state index is 12.8. The third-order valence-corrected chi connectivity index (χ3v) is 6.78. The van der Waals surface area contributed by atoms with Crippen molar-refractivity contribution in [1.29, 1.82) is 0 Å². The van der Waals surface area contributed by atoms with E-state index in [9.17, 15) is 13.2 Å². The van der Waals surface area contributed by atoms with Gasteiger partial charge in [-0.1, -0.05) is 42.5 Å². The van der Waals surface area contributed by atoms with Crippen LogP contribution in [0.3, 0.4) is 0 Å². The Bertz CT molecular complexity index is 1280. The van der Waals surface area contributed by atoms with E-state index in [1.54, 1.807) is 31.3 Å². The molecule has 0 spiro atoms. The van der Waals surface area contributed by atoms with Crippen molar-refractivity contribution in [3.63, 3.8) is 0 Å². The monoisotopic (exact) mass is 409 g/mol. The first-order valence-corrected chi connectivity index (χ1v) is 10.7. The lowest BCUT2D eigenvalue weighted by atomic mass is 10.2. The average molecular weight is 409 g/mol. The van der Waals surface area contributed by atoms with E-state index >= 15 is 0 Å². The second-order valence-electron chi connectivity index (χ2n) is 6.09. The van der Waals surface area contributed by atoms with Crippen molar-refractivity contribution in [1.82, 2.24) is 14.7 Å². The minimum Gasteiger partial charge on any atom is -0.267 e. The number of carbonyl (C=O) groups is 1. The highest BCUT2D eigenvalue weighted by molar-refractivity contribution is 7.90. The molecule has 0 saturated carbocycles. The summed E-state index contributed by atoms with van der Waals surface area (Å²) in [6.07, 6.45) is 3.10. The summed E-state index contributed by atoms with van der Waals surface area (Å²) in [7, 11) is -4.05. The number of sulfonamides is 1. The molecule has 0 saturated heterocycles. The molecule has 0 fully saturated rings. The summed E-state index contributed by atoms with van der Waals surface area (Å²) in [4.78, 5) is 21.4. The lowest BCUT2D eigenvalue weighted by molar-refractivity contribution is 0.0984. The Morgan fingerprint density at radius 1 is 1.04 bits per heavy atom. The summed E-state index contributed by atoms with van der Waals surface area (Å²) in [6, 6.07) is 15.9. The normalized spacial score (nSPS) is 11.5. The van der Waals surface area contributed by atoms with Gasteiger partial charge in [0.05, 0.1) is 10.6 Å². The van der Waals surface area contributed by atoms with Crippen molar-refractivity contribution in [2.24, 2.45) is 0 Å². The first kappa shape index (κ1) is 18.3. The zero-order valence-electron chi connectivity index (χ0n) is 14.8. The Labute approximate surface area is 166 Å². The van der Waals surface area contributed by atoms with E-state index in [0.29, 0.717) is 21.5 Å². The molecule has 1 amide bonds. The SMILES string of the molecule is Cc1nc(-c2ccccc2)sc1C(=O)NS(=O)(=O)c1cccc2cnccc12. The summed E-state index contributed by atoms with van der Waals surface area (Å²) in [5.41, 5.74) is 1.36. The van der Waals surface area contributed by atoms with Crippen molar-refractivity contribution in [3.05, 3.63) is 77.6 Å². The molecule has 2 heterocycles. The lowest BCUT2D eigenvalue weighted by Gasteiger charge is -2.09. The van der Waals surface area contributed by atoms with Crippen LogP contribution in [0.2, 0.25) is 0 Å². The van der Waals surface area contributed by atoms with Crippen LogP contribution in [0.15, 0.2) is 71.9 Å². The quantitative estimate of drug-likeness (QED) is 0.554. The first-order chi connectivity index (χ1) is 13.5. The number of rotatable bonds is 4. The van der Waals surface area contributed by atoms with Crippen molar-refractivity contribution in [3.8, 4) is 10.6 Å². The van der Waals surface area contributed by atoms with Crippen molar-refractivity contribution >= 4 is 38.0 Å². The molecule has 2 aromatic heterocycles. The van der Waals surface area contributed by atoms with E-state index in [-0.39, 0.29) is 9.77 Å². The molecule has 4 aromatic rings. The van der Waals surface area contributed by atoms with E-state index in [4.69, 9.17) is 0 Å². The first-order valence-electron chi connectivity index (χ1n) is 8.38. The van der Waals surface area contributed by atoms with Crippen LogP contribution in [0.25, 0.3) is 21.3 Å². The van der Waals surface area contributed by atoms with Crippen LogP contribution in [0.4, 0.5) is 0 Å². The number of carbonyl (C=O) groups excluding carboxylic acids is 1. The summed E-state index contributed by atoms with van der Waals surface area (Å²) >= 11 is 1.16. The number of benzene rings is 2. The highest BCUT2D eigenvalue weighted by Gasteiger charge is 2.24. The third kappa shape index (κ3) is 3.39. The molecular weight excluding hydrogens is 394 g/mol. The smallest absolute Gasteiger partial charge is 0.267 e. The summed E-state index contributed by atoms with van der Waals surface area (Å²) in [6.45, 7) is 1.69. The molecule has 0 radical (unpaired) electrons. The number of hydrogen-bond donors (Lipinski definition) is 1. The Morgan fingerprint density at radius 3 is 2.61 bits per heavy atom. The van der Waals surface area contributed by atoms with Gasteiger partial charge in [0, 0.05) is 28.7 Å². The van der Waals surface area contributed by atoms with Crippen LogP contribution in [0.1, 0.15) is 15.4 Å². The number of nitrogens with one attached hydrogen (secondary N) is 1. The fourth-order valence-corrected chi connectivity index (χ4v) is 5.08. The van der Waals surface area contributed by atoms with E-state index in [2.05, 4.69) is 14.7 Å². The molecule has 4 rings (SSSR count). The van der Waals surface area contributed by atoms with Crippen LogP contribution in [-0.2, 0) is 10.0 Å². The highest BCUT2D eigenvalue weighted by Crippen LogP contribution is 2.28. The number of aryl methyl sites for hydroxylation is 1. The number of thiazole rings is 1. The lowest BCUT2D eigenvalue weighted by Crippen LogP contribution is -2.30. The predicted octanol–water partition coefficient (Wildman–Crippen LogP) is 3.79. The van der Waals surface area contributed by atoms with Crippen LogP contribution in [0, 0.1) is 6.92 Å². The number of nitrogens with zero attached hydrogens (tertiary/aromatic N) is 2. The number of aromatic nitrogens is 2. The third-order valence-electron chi connectivity index (χ3n) is 4.18. The fraction of sp³-hybridized carbons (Fsp3) is 0.0500. The molecule has 0 bridgehead atoms. The van der Waals surface area contributed by atoms with Crippen LogP contribution in [-0.4, -0.2) is 24.3 Å².